The lowest BCUT2D eigenvalue weighted by atomic mass is 10.1. The normalized spacial score (nSPS) is 9.76. The third-order valence-electron chi connectivity index (χ3n) is 2.88. The smallest absolute Gasteiger partial charge is 0.228 e. The van der Waals surface area contributed by atoms with Crippen molar-refractivity contribution in [1.82, 2.24) is 0 Å². The number of carbonyl (C=O) groups excluding carboxylic acids is 1. The van der Waals surface area contributed by atoms with Crippen LogP contribution in [0.3, 0.4) is 0 Å². The van der Waals surface area contributed by atoms with Gasteiger partial charge in [0.05, 0.1) is 29.6 Å². The van der Waals surface area contributed by atoms with E-state index in [-0.39, 0.29) is 12.3 Å². The number of nitrogens with zero attached hydrogens (tertiary/aromatic N) is 1. The molecule has 0 radical (unpaired) electrons. The molecule has 0 atom stereocenters. The van der Waals surface area contributed by atoms with Crippen LogP contribution in [0.4, 0.5) is 5.69 Å². The molecule has 0 unspecified atom stereocenters. The molecule has 0 heterocycles. The van der Waals surface area contributed by atoms with Gasteiger partial charge in [-0.05, 0) is 45.8 Å². The predicted octanol–water partition coefficient (Wildman–Crippen LogP) is 3.51. The lowest BCUT2D eigenvalue weighted by molar-refractivity contribution is -0.115. The first kappa shape index (κ1) is 15.1. The van der Waals surface area contributed by atoms with Crippen molar-refractivity contribution >= 4 is 27.5 Å². The molecule has 5 heteroatoms. The fourth-order valence-electron chi connectivity index (χ4n) is 1.83. The maximum Gasteiger partial charge on any atom is 0.228 e. The first-order valence-electron chi connectivity index (χ1n) is 6.25. The molecule has 0 bridgehead atoms. The molecular weight excluding hydrogens is 332 g/mol. The number of ether oxygens (including phenoxy) is 1. The summed E-state index contributed by atoms with van der Waals surface area (Å²) in [6, 6.07) is 14.4. The van der Waals surface area contributed by atoms with Crippen LogP contribution in [0.2, 0.25) is 0 Å². The molecule has 0 spiro atoms. The molecule has 0 aliphatic rings. The minimum absolute atomic E-state index is 0.121. The number of carbonyl (C=O) groups is 1. The molecule has 0 aromatic heterocycles. The van der Waals surface area contributed by atoms with Crippen molar-refractivity contribution in [3.63, 3.8) is 0 Å². The summed E-state index contributed by atoms with van der Waals surface area (Å²) in [7, 11) is 1.57. The van der Waals surface area contributed by atoms with Crippen LogP contribution in [0.15, 0.2) is 46.9 Å². The molecule has 1 N–H and O–H groups in total. The van der Waals surface area contributed by atoms with Crippen molar-refractivity contribution in [3.05, 3.63) is 58.1 Å². The molecule has 4 nitrogen and oxygen atoms in total. The Hall–Kier alpha value is -2.32. The second-order valence-electron chi connectivity index (χ2n) is 4.38. The highest BCUT2D eigenvalue weighted by atomic mass is 79.9. The molecule has 0 aliphatic heterocycles. The van der Waals surface area contributed by atoms with Gasteiger partial charge in [0.15, 0.2) is 0 Å². The Morgan fingerprint density at radius 1 is 1.29 bits per heavy atom. The highest BCUT2D eigenvalue weighted by molar-refractivity contribution is 9.10. The fraction of sp³-hybridized carbons (Fsp3) is 0.125. The molecule has 0 saturated carbocycles. The van der Waals surface area contributed by atoms with Gasteiger partial charge in [0.25, 0.3) is 0 Å². The predicted molar refractivity (Wildman–Crippen MR) is 84.2 cm³/mol. The summed E-state index contributed by atoms with van der Waals surface area (Å²) in [4.78, 5) is 12.0. The zero-order valence-corrected chi connectivity index (χ0v) is 13.0. The van der Waals surface area contributed by atoms with E-state index in [9.17, 15) is 4.79 Å². The molecule has 0 saturated heterocycles. The molecule has 2 rings (SSSR count). The molecule has 0 aliphatic carbocycles. The Bertz CT molecular complexity index is 690. The Balaban J connectivity index is 2.02. The summed E-state index contributed by atoms with van der Waals surface area (Å²) in [5.41, 5.74) is 2.11. The van der Waals surface area contributed by atoms with Gasteiger partial charge in [0.2, 0.25) is 5.91 Å². The Morgan fingerprint density at radius 2 is 2.00 bits per heavy atom. The summed E-state index contributed by atoms with van der Waals surface area (Å²) < 4.78 is 6.01. The summed E-state index contributed by atoms with van der Waals surface area (Å²) in [5, 5.41) is 11.5. The highest BCUT2D eigenvalue weighted by Gasteiger charge is 2.07. The molecular formula is C16H13BrN2O2. The van der Waals surface area contributed by atoms with Crippen molar-refractivity contribution < 1.29 is 9.53 Å². The van der Waals surface area contributed by atoms with E-state index in [0.29, 0.717) is 17.0 Å². The standard InChI is InChI=1S/C16H13BrN2O2/c1-21-15-9-13(6-7-14(15)17)19-16(20)8-11-2-4-12(10-18)5-3-11/h2-7,9H,8H2,1H3,(H,19,20). The van der Waals surface area contributed by atoms with Crippen LogP contribution < -0.4 is 10.1 Å². The molecule has 0 fully saturated rings. The maximum absolute atomic E-state index is 12.0. The zero-order chi connectivity index (χ0) is 15.2. The number of rotatable bonds is 4. The zero-order valence-electron chi connectivity index (χ0n) is 11.4. The van der Waals surface area contributed by atoms with E-state index in [1.165, 1.54) is 0 Å². The fourth-order valence-corrected chi connectivity index (χ4v) is 2.23. The second-order valence-corrected chi connectivity index (χ2v) is 5.24. The molecule has 21 heavy (non-hydrogen) atoms. The van der Waals surface area contributed by atoms with E-state index in [2.05, 4.69) is 21.2 Å². The van der Waals surface area contributed by atoms with Crippen molar-refractivity contribution in [2.45, 2.75) is 6.42 Å². The molecule has 1 amide bonds. The van der Waals surface area contributed by atoms with Gasteiger partial charge in [0, 0.05) is 11.8 Å². The van der Waals surface area contributed by atoms with Crippen LogP contribution in [0, 0.1) is 11.3 Å². The van der Waals surface area contributed by atoms with Gasteiger partial charge in [-0.3, -0.25) is 4.79 Å². The number of halogens is 1. The van der Waals surface area contributed by atoms with E-state index < -0.39 is 0 Å². The van der Waals surface area contributed by atoms with Gasteiger partial charge in [-0.15, -0.1) is 0 Å². The Morgan fingerprint density at radius 3 is 2.62 bits per heavy atom. The first-order valence-corrected chi connectivity index (χ1v) is 7.04. The van der Waals surface area contributed by atoms with Gasteiger partial charge in [0.1, 0.15) is 5.75 Å². The average Bonchev–Trinajstić information content (AvgIpc) is 2.50. The van der Waals surface area contributed by atoms with Crippen molar-refractivity contribution in [1.29, 1.82) is 5.26 Å². The van der Waals surface area contributed by atoms with E-state index in [0.717, 1.165) is 10.0 Å². The third-order valence-corrected chi connectivity index (χ3v) is 3.54. The minimum Gasteiger partial charge on any atom is -0.495 e. The largest absolute Gasteiger partial charge is 0.495 e. The SMILES string of the molecule is COc1cc(NC(=O)Cc2ccc(C#N)cc2)ccc1Br. The van der Waals surface area contributed by atoms with Gasteiger partial charge < -0.3 is 10.1 Å². The summed E-state index contributed by atoms with van der Waals surface area (Å²) >= 11 is 3.36. The molecule has 2 aromatic carbocycles. The second kappa shape index (κ2) is 6.91. The number of nitriles is 1. The number of anilines is 1. The van der Waals surface area contributed by atoms with E-state index in [1.807, 2.05) is 12.1 Å². The van der Waals surface area contributed by atoms with Crippen LogP contribution >= 0.6 is 15.9 Å². The van der Waals surface area contributed by atoms with Crippen LogP contribution in [0.1, 0.15) is 11.1 Å². The molecule has 2 aromatic rings. The number of benzene rings is 2. The van der Waals surface area contributed by atoms with Gasteiger partial charge in [-0.25, -0.2) is 0 Å². The number of methoxy groups -OCH3 is 1. The lowest BCUT2D eigenvalue weighted by Gasteiger charge is -2.08. The van der Waals surface area contributed by atoms with Gasteiger partial charge >= 0.3 is 0 Å². The maximum atomic E-state index is 12.0. The van der Waals surface area contributed by atoms with E-state index in [4.69, 9.17) is 10.00 Å². The topological polar surface area (TPSA) is 62.1 Å². The summed E-state index contributed by atoms with van der Waals surface area (Å²) in [5.74, 6) is 0.537. The number of hydrogen-bond donors (Lipinski definition) is 1. The van der Waals surface area contributed by atoms with Crippen LogP contribution in [0.25, 0.3) is 0 Å². The summed E-state index contributed by atoms with van der Waals surface area (Å²) in [6.07, 6.45) is 0.254. The van der Waals surface area contributed by atoms with Crippen LogP contribution in [-0.4, -0.2) is 13.0 Å². The minimum atomic E-state index is -0.121. The van der Waals surface area contributed by atoms with Crippen LogP contribution in [-0.2, 0) is 11.2 Å². The van der Waals surface area contributed by atoms with Gasteiger partial charge in [-0.1, -0.05) is 12.1 Å². The van der Waals surface area contributed by atoms with Crippen LogP contribution in [0.5, 0.6) is 5.75 Å². The van der Waals surface area contributed by atoms with Crippen molar-refractivity contribution in [2.24, 2.45) is 0 Å². The van der Waals surface area contributed by atoms with Crippen molar-refractivity contribution in [2.75, 3.05) is 12.4 Å². The van der Waals surface area contributed by atoms with Gasteiger partial charge in [-0.2, -0.15) is 5.26 Å². The monoisotopic (exact) mass is 344 g/mol. The Kier molecular flexibility index (Phi) is 4.96. The van der Waals surface area contributed by atoms with Crippen molar-refractivity contribution in [3.8, 4) is 11.8 Å². The quantitative estimate of drug-likeness (QED) is 0.922. The highest BCUT2D eigenvalue weighted by Crippen LogP contribution is 2.27. The summed E-state index contributed by atoms with van der Waals surface area (Å²) in [6.45, 7) is 0. The Labute approximate surface area is 131 Å². The average molecular weight is 345 g/mol. The van der Waals surface area contributed by atoms with E-state index in [1.54, 1.807) is 43.5 Å². The third kappa shape index (κ3) is 4.07. The number of nitrogens with one attached hydrogen (secondary N) is 1. The van der Waals surface area contributed by atoms with E-state index >= 15 is 0 Å². The number of amides is 1. The molecule has 106 valence electrons. The first-order chi connectivity index (χ1) is 10.1. The number of hydrogen-bond acceptors (Lipinski definition) is 3. The lowest BCUT2D eigenvalue weighted by Crippen LogP contribution is -2.14.